The van der Waals surface area contributed by atoms with Crippen molar-refractivity contribution in [2.75, 3.05) is 7.05 Å². The lowest BCUT2D eigenvalue weighted by Crippen LogP contribution is -2.25. The minimum absolute atomic E-state index is 0. The van der Waals surface area contributed by atoms with E-state index in [1.807, 2.05) is 0 Å². The molecule has 0 radical (unpaired) electrons. The van der Waals surface area contributed by atoms with Crippen LogP contribution in [0.5, 0.6) is 0 Å². The van der Waals surface area contributed by atoms with Crippen molar-refractivity contribution >= 4 is 9.90 Å². The average Bonchev–Trinajstić information content (AvgIpc) is 1.66. The molecule has 0 amide bonds. The fourth-order valence-electron chi connectivity index (χ4n) is 0. The Kier molecular flexibility index (Phi) is 9.48. The molecular formula is C9H26NP. The van der Waals surface area contributed by atoms with Crippen LogP contribution in [0.4, 0.5) is 0 Å². The lowest BCUT2D eigenvalue weighted by atomic mass is 9.71. The Morgan fingerprint density at radius 2 is 0.727 bits per heavy atom. The summed E-state index contributed by atoms with van der Waals surface area (Å²) in [6.45, 7) is 13.6. The second-order valence-electron chi connectivity index (χ2n) is 4.50. The number of rotatable bonds is 0. The molecule has 1 unspecified atom stereocenters. The van der Waals surface area contributed by atoms with Crippen LogP contribution in [-0.2, 0) is 0 Å². The van der Waals surface area contributed by atoms with E-state index >= 15 is 0 Å². The van der Waals surface area contributed by atoms with E-state index in [0.29, 0.717) is 10.8 Å². The third kappa shape index (κ3) is 8.29. The summed E-state index contributed by atoms with van der Waals surface area (Å²) in [7, 11) is 1.50. The van der Waals surface area contributed by atoms with Crippen molar-refractivity contribution in [2.24, 2.45) is 16.6 Å². The van der Waals surface area contributed by atoms with E-state index < -0.39 is 0 Å². The second kappa shape index (κ2) is 5.97. The number of nitrogens with two attached hydrogens (primary N) is 1. The van der Waals surface area contributed by atoms with Gasteiger partial charge in [0.15, 0.2) is 0 Å². The van der Waals surface area contributed by atoms with Gasteiger partial charge in [0, 0.05) is 0 Å². The van der Waals surface area contributed by atoms with Gasteiger partial charge in [0.05, 0.1) is 0 Å². The molecule has 0 fully saturated rings. The molecule has 0 heterocycles. The highest BCUT2D eigenvalue weighted by Crippen LogP contribution is 2.36. The van der Waals surface area contributed by atoms with Gasteiger partial charge < -0.3 is 5.73 Å². The Hall–Kier alpha value is 0.390. The molecule has 0 saturated carbocycles. The highest BCUT2D eigenvalue weighted by atomic mass is 31.0. The first-order chi connectivity index (χ1) is 4.25. The van der Waals surface area contributed by atoms with Gasteiger partial charge >= 0.3 is 0 Å². The first-order valence-corrected chi connectivity index (χ1v) is 3.83. The lowest BCUT2D eigenvalue weighted by Gasteiger charge is -2.34. The molecule has 0 bridgehead atoms. The lowest BCUT2D eigenvalue weighted by molar-refractivity contribution is 0.157. The summed E-state index contributed by atoms with van der Waals surface area (Å²) in [6.07, 6.45) is 0. The van der Waals surface area contributed by atoms with Crippen LogP contribution < -0.4 is 5.73 Å². The molecule has 2 heteroatoms. The second-order valence-corrected chi connectivity index (χ2v) is 4.50. The van der Waals surface area contributed by atoms with Crippen LogP contribution >= 0.6 is 9.90 Å². The number of hydrogen-bond donors (Lipinski definition) is 1. The van der Waals surface area contributed by atoms with E-state index in [2.05, 4.69) is 47.3 Å². The molecule has 11 heavy (non-hydrogen) atoms. The Morgan fingerprint density at radius 1 is 0.636 bits per heavy atom. The minimum Gasteiger partial charge on any atom is -0.333 e. The normalized spacial score (nSPS) is 10.9. The fraction of sp³-hybridized carbons (Fsp3) is 1.00. The first kappa shape index (κ1) is 17.5. The molecule has 0 spiro atoms. The van der Waals surface area contributed by atoms with Crippen molar-refractivity contribution in [3.63, 3.8) is 0 Å². The Bertz CT molecular complexity index is 64.5. The SMILES string of the molecule is CC(C)(C)C(C)(C)C.CN.P. The zero-order valence-electron chi connectivity index (χ0n) is 9.28. The maximum absolute atomic E-state index is 4.50. The van der Waals surface area contributed by atoms with Gasteiger partial charge in [-0.2, -0.15) is 9.90 Å². The first-order valence-electron chi connectivity index (χ1n) is 3.83. The maximum atomic E-state index is 4.50. The highest BCUT2D eigenvalue weighted by Gasteiger charge is 2.26. The van der Waals surface area contributed by atoms with Gasteiger partial charge in [-0.3, -0.25) is 0 Å². The molecule has 0 aliphatic carbocycles. The Morgan fingerprint density at radius 3 is 0.727 bits per heavy atom. The van der Waals surface area contributed by atoms with Crippen LogP contribution in [0.2, 0.25) is 0 Å². The monoisotopic (exact) mass is 179 g/mol. The molecule has 1 nitrogen and oxygen atoms in total. The molecule has 0 aromatic rings. The van der Waals surface area contributed by atoms with Crippen LogP contribution in [0.3, 0.4) is 0 Å². The Labute approximate surface area is 75.8 Å². The van der Waals surface area contributed by atoms with E-state index in [1.165, 1.54) is 7.05 Å². The van der Waals surface area contributed by atoms with E-state index in [1.54, 1.807) is 0 Å². The Balaban J connectivity index is -0.000000196. The minimum atomic E-state index is 0. The predicted octanol–water partition coefficient (Wildman–Crippen LogP) is 2.71. The topological polar surface area (TPSA) is 26.0 Å². The fourth-order valence-corrected chi connectivity index (χ4v) is 0. The molecule has 0 saturated heterocycles. The van der Waals surface area contributed by atoms with Gasteiger partial charge in [0.2, 0.25) is 0 Å². The van der Waals surface area contributed by atoms with Crippen LogP contribution in [-0.4, -0.2) is 7.05 Å². The van der Waals surface area contributed by atoms with Gasteiger partial charge in [-0.25, -0.2) is 0 Å². The third-order valence-corrected chi connectivity index (χ3v) is 2.25. The van der Waals surface area contributed by atoms with Crippen molar-refractivity contribution in [1.29, 1.82) is 0 Å². The van der Waals surface area contributed by atoms with Crippen molar-refractivity contribution in [2.45, 2.75) is 41.5 Å². The number of hydrogen-bond acceptors (Lipinski definition) is 1. The van der Waals surface area contributed by atoms with Gasteiger partial charge in [0.1, 0.15) is 0 Å². The summed E-state index contributed by atoms with van der Waals surface area (Å²) in [5.74, 6) is 0. The standard InChI is InChI=1S/C8H18.CH5N.H3P/c1-7(2,3)8(4,5)6;1-2;/h1-6H3;2H2,1H3;1H3. The summed E-state index contributed by atoms with van der Waals surface area (Å²) in [5.41, 5.74) is 5.38. The highest BCUT2D eigenvalue weighted by molar-refractivity contribution is 6.92. The zero-order valence-corrected chi connectivity index (χ0v) is 10.7. The molecule has 1 atom stereocenters. The molecular weight excluding hydrogens is 153 g/mol. The average molecular weight is 179 g/mol. The van der Waals surface area contributed by atoms with Crippen LogP contribution in [0, 0.1) is 10.8 Å². The van der Waals surface area contributed by atoms with Gasteiger partial charge in [-0.1, -0.05) is 41.5 Å². The smallest absolute Gasteiger partial charge is 0.0195 e. The van der Waals surface area contributed by atoms with Crippen molar-refractivity contribution < 1.29 is 0 Å². The summed E-state index contributed by atoms with van der Waals surface area (Å²) in [5, 5.41) is 0. The van der Waals surface area contributed by atoms with E-state index in [9.17, 15) is 0 Å². The molecule has 0 aliphatic rings. The third-order valence-electron chi connectivity index (χ3n) is 2.25. The van der Waals surface area contributed by atoms with E-state index in [-0.39, 0.29) is 9.90 Å². The zero-order chi connectivity index (χ0) is 9.00. The van der Waals surface area contributed by atoms with Crippen LogP contribution in [0.25, 0.3) is 0 Å². The van der Waals surface area contributed by atoms with Gasteiger partial charge in [0.25, 0.3) is 0 Å². The molecule has 0 rings (SSSR count). The molecule has 2 N–H and O–H groups in total. The largest absolute Gasteiger partial charge is 0.333 e. The maximum Gasteiger partial charge on any atom is -0.0195 e. The summed E-state index contributed by atoms with van der Waals surface area (Å²) in [6, 6.07) is 0. The summed E-state index contributed by atoms with van der Waals surface area (Å²) in [4.78, 5) is 0. The quantitative estimate of drug-likeness (QED) is 0.568. The molecule has 0 aromatic heterocycles. The molecule has 0 aromatic carbocycles. The van der Waals surface area contributed by atoms with Crippen LogP contribution in [0.1, 0.15) is 41.5 Å². The van der Waals surface area contributed by atoms with Crippen LogP contribution in [0.15, 0.2) is 0 Å². The van der Waals surface area contributed by atoms with Gasteiger partial charge in [-0.15, -0.1) is 0 Å². The summed E-state index contributed by atoms with van der Waals surface area (Å²) < 4.78 is 0. The van der Waals surface area contributed by atoms with Crippen molar-refractivity contribution in [3.8, 4) is 0 Å². The van der Waals surface area contributed by atoms with Crippen molar-refractivity contribution in [1.82, 2.24) is 0 Å². The van der Waals surface area contributed by atoms with Gasteiger partial charge in [-0.05, 0) is 17.9 Å². The molecule has 0 aliphatic heterocycles. The summed E-state index contributed by atoms with van der Waals surface area (Å²) >= 11 is 0. The van der Waals surface area contributed by atoms with E-state index in [4.69, 9.17) is 0 Å². The van der Waals surface area contributed by atoms with E-state index in [0.717, 1.165) is 0 Å². The van der Waals surface area contributed by atoms with Crippen molar-refractivity contribution in [3.05, 3.63) is 0 Å². The molecule has 72 valence electrons. The predicted molar refractivity (Wildman–Crippen MR) is 60.1 cm³/mol.